The van der Waals surface area contributed by atoms with Crippen LogP contribution in [0.2, 0.25) is 0 Å². The standard InChI is InChI=1S/C11H19NO3S/c1-8-7-16(14,15)12-11(13)6-9-2-4-10(8)5-3-9/h8-10H,2-7H2,1H3,(H,12,13). The molecule has 1 saturated carbocycles. The number of carbonyl (C=O) groups excluding carboxylic acids is 1. The summed E-state index contributed by atoms with van der Waals surface area (Å²) < 4.78 is 25.5. The van der Waals surface area contributed by atoms with Gasteiger partial charge in [-0.05, 0) is 43.4 Å². The van der Waals surface area contributed by atoms with E-state index in [1.165, 1.54) is 0 Å². The highest BCUT2D eigenvalue weighted by atomic mass is 32.2. The average molecular weight is 245 g/mol. The van der Waals surface area contributed by atoms with Gasteiger partial charge in [-0.3, -0.25) is 9.52 Å². The predicted molar refractivity (Wildman–Crippen MR) is 61.2 cm³/mol. The van der Waals surface area contributed by atoms with E-state index < -0.39 is 10.0 Å². The van der Waals surface area contributed by atoms with Gasteiger partial charge in [0.2, 0.25) is 15.9 Å². The van der Waals surface area contributed by atoms with E-state index in [1.54, 1.807) is 0 Å². The third kappa shape index (κ3) is 2.75. The Morgan fingerprint density at radius 3 is 2.44 bits per heavy atom. The zero-order chi connectivity index (χ0) is 11.8. The van der Waals surface area contributed by atoms with Crippen LogP contribution in [0.4, 0.5) is 0 Å². The Labute approximate surface area is 96.8 Å². The molecule has 2 saturated heterocycles. The summed E-state index contributed by atoms with van der Waals surface area (Å²) in [4.78, 5) is 11.5. The molecule has 1 atom stereocenters. The van der Waals surface area contributed by atoms with Gasteiger partial charge in [0, 0.05) is 6.42 Å². The molecular weight excluding hydrogens is 226 g/mol. The van der Waals surface area contributed by atoms with Crippen LogP contribution in [0.25, 0.3) is 0 Å². The fourth-order valence-electron chi connectivity index (χ4n) is 2.96. The summed E-state index contributed by atoms with van der Waals surface area (Å²) in [5, 5.41) is 0. The van der Waals surface area contributed by atoms with Crippen molar-refractivity contribution in [2.24, 2.45) is 17.8 Å². The van der Waals surface area contributed by atoms with E-state index in [4.69, 9.17) is 0 Å². The maximum Gasteiger partial charge on any atom is 0.235 e. The second-order valence-electron chi connectivity index (χ2n) is 5.27. The number of rotatable bonds is 0. The van der Waals surface area contributed by atoms with Gasteiger partial charge in [0.05, 0.1) is 5.75 Å². The van der Waals surface area contributed by atoms with Crippen LogP contribution in [0, 0.1) is 17.8 Å². The van der Waals surface area contributed by atoms with E-state index in [0.29, 0.717) is 18.3 Å². The van der Waals surface area contributed by atoms with Crippen LogP contribution in [0.3, 0.4) is 0 Å². The second kappa shape index (κ2) is 4.35. The summed E-state index contributed by atoms with van der Waals surface area (Å²) in [5.41, 5.74) is 0. The van der Waals surface area contributed by atoms with Gasteiger partial charge >= 0.3 is 0 Å². The highest BCUT2D eigenvalue weighted by Crippen LogP contribution is 2.36. The molecule has 92 valence electrons. The van der Waals surface area contributed by atoms with Crippen LogP contribution in [-0.4, -0.2) is 20.1 Å². The smallest absolute Gasteiger partial charge is 0.235 e. The van der Waals surface area contributed by atoms with Gasteiger partial charge < -0.3 is 0 Å². The minimum Gasteiger partial charge on any atom is -0.274 e. The minimum atomic E-state index is -3.40. The average Bonchev–Trinajstić information content (AvgIpc) is 2.15. The van der Waals surface area contributed by atoms with Crippen LogP contribution in [0.15, 0.2) is 0 Å². The van der Waals surface area contributed by atoms with Crippen molar-refractivity contribution >= 4 is 15.9 Å². The van der Waals surface area contributed by atoms with Crippen LogP contribution < -0.4 is 4.72 Å². The van der Waals surface area contributed by atoms with Gasteiger partial charge in [0.15, 0.2) is 0 Å². The van der Waals surface area contributed by atoms with Gasteiger partial charge in [0.25, 0.3) is 0 Å². The summed E-state index contributed by atoms with van der Waals surface area (Å²) in [5.74, 6) is 0.827. The lowest BCUT2D eigenvalue weighted by Gasteiger charge is -2.33. The first-order valence-corrected chi connectivity index (χ1v) is 7.65. The van der Waals surface area contributed by atoms with E-state index in [9.17, 15) is 13.2 Å². The molecule has 0 aromatic rings. The van der Waals surface area contributed by atoms with Crippen molar-refractivity contribution in [1.82, 2.24) is 4.72 Å². The molecule has 5 heteroatoms. The number of carbonyl (C=O) groups is 1. The fourth-order valence-corrected chi connectivity index (χ4v) is 4.44. The molecule has 3 rings (SSSR count). The molecule has 1 N–H and O–H groups in total. The normalized spacial score (nSPS) is 39.1. The molecule has 2 aliphatic heterocycles. The van der Waals surface area contributed by atoms with Gasteiger partial charge in [-0.15, -0.1) is 0 Å². The topological polar surface area (TPSA) is 63.2 Å². The van der Waals surface area contributed by atoms with Crippen LogP contribution >= 0.6 is 0 Å². The zero-order valence-corrected chi connectivity index (χ0v) is 10.4. The number of nitrogens with one attached hydrogen (secondary N) is 1. The van der Waals surface area contributed by atoms with Gasteiger partial charge in [-0.1, -0.05) is 6.92 Å². The van der Waals surface area contributed by atoms with Crippen LogP contribution in [0.1, 0.15) is 39.0 Å². The van der Waals surface area contributed by atoms with Gasteiger partial charge in [0.1, 0.15) is 0 Å². The maximum absolute atomic E-state index is 11.7. The monoisotopic (exact) mass is 245 g/mol. The van der Waals surface area contributed by atoms with E-state index in [-0.39, 0.29) is 17.6 Å². The summed E-state index contributed by atoms with van der Waals surface area (Å²) in [6, 6.07) is 0. The molecule has 0 aromatic carbocycles. The Morgan fingerprint density at radius 1 is 1.19 bits per heavy atom. The molecule has 16 heavy (non-hydrogen) atoms. The zero-order valence-electron chi connectivity index (χ0n) is 9.61. The largest absolute Gasteiger partial charge is 0.274 e. The SMILES string of the molecule is CC1CS(=O)(=O)NC(=O)CC2CCC1CC2. The lowest BCUT2D eigenvalue weighted by atomic mass is 9.76. The third-order valence-corrected chi connectivity index (χ3v) is 5.43. The van der Waals surface area contributed by atoms with Crippen molar-refractivity contribution in [3.63, 3.8) is 0 Å². The molecule has 1 aliphatic carbocycles. The molecule has 4 nitrogen and oxygen atoms in total. The number of hydrogen-bond acceptors (Lipinski definition) is 3. The Morgan fingerprint density at radius 2 is 1.81 bits per heavy atom. The Balaban J connectivity index is 2.18. The van der Waals surface area contributed by atoms with Crippen molar-refractivity contribution in [3.05, 3.63) is 0 Å². The number of amides is 1. The van der Waals surface area contributed by atoms with Crippen molar-refractivity contribution < 1.29 is 13.2 Å². The Bertz CT molecular complexity index is 369. The fraction of sp³-hybridized carbons (Fsp3) is 0.909. The molecule has 0 aromatic heterocycles. The van der Waals surface area contributed by atoms with E-state index in [1.807, 2.05) is 6.92 Å². The molecule has 2 bridgehead atoms. The first kappa shape index (κ1) is 11.9. The summed E-state index contributed by atoms with van der Waals surface area (Å²) in [7, 11) is -3.40. The van der Waals surface area contributed by atoms with Crippen molar-refractivity contribution in [2.45, 2.75) is 39.0 Å². The van der Waals surface area contributed by atoms with Gasteiger partial charge in [-0.2, -0.15) is 0 Å². The highest BCUT2D eigenvalue weighted by Gasteiger charge is 2.32. The first-order chi connectivity index (χ1) is 7.46. The van der Waals surface area contributed by atoms with Crippen molar-refractivity contribution in [3.8, 4) is 0 Å². The number of fused-ring (bicyclic) bond motifs is 7. The summed E-state index contributed by atoms with van der Waals surface area (Å²) >= 11 is 0. The molecule has 0 spiro atoms. The van der Waals surface area contributed by atoms with Crippen LogP contribution in [-0.2, 0) is 14.8 Å². The van der Waals surface area contributed by atoms with Crippen molar-refractivity contribution in [2.75, 3.05) is 5.75 Å². The minimum absolute atomic E-state index is 0.0913. The van der Waals surface area contributed by atoms with E-state index in [2.05, 4.69) is 4.72 Å². The summed E-state index contributed by atoms with van der Waals surface area (Å²) in [6.07, 6.45) is 4.68. The highest BCUT2D eigenvalue weighted by molar-refractivity contribution is 7.90. The van der Waals surface area contributed by atoms with Gasteiger partial charge in [-0.25, -0.2) is 8.42 Å². The number of hydrogen-bond donors (Lipinski definition) is 1. The Hall–Kier alpha value is -0.580. The Kier molecular flexibility index (Phi) is 3.24. The molecule has 1 unspecified atom stereocenters. The number of sulfonamides is 1. The quantitative estimate of drug-likeness (QED) is 0.699. The van der Waals surface area contributed by atoms with Crippen LogP contribution in [0.5, 0.6) is 0 Å². The maximum atomic E-state index is 11.7. The predicted octanol–water partition coefficient (Wildman–Crippen LogP) is 1.28. The molecule has 1 amide bonds. The second-order valence-corrected chi connectivity index (χ2v) is 7.04. The first-order valence-electron chi connectivity index (χ1n) is 5.99. The van der Waals surface area contributed by atoms with Crippen molar-refractivity contribution in [1.29, 1.82) is 0 Å². The molecule has 2 heterocycles. The molecular formula is C11H19NO3S. The molecule has 3 aliphatic rings. The third-order valence-electron chi connectivity index (χ3n) is 3.92. The molecule has 3 fully saturated rings. The van der Waals surface area contributed by atoms with E-state index >= 15 is 0 Å². The van der Waals surface area contributed by atoms with E-state index in [0.717, 1.165) is 25.7 Å². The lowest BCUT2D eigenvalue weighted by molar-refractivity contribution is -0.120. The lowest BCUT2D eigenvalue weighted by Crippen LogP contribution is -2.39. The molecule has 0 radical (unpaired) electrons. The summed E-state index contributed by atoms with van der Waals surface area (Å²) in [6.45, 7) is 1.98.